The predicted molar refractivity (Wildman–Crippen MR) is 84.2 cm³/mol. The molecule has 0 aliphatic heterocycles. The third-order valence-electron chi connectivity index (χ3n) is 3.47. The molecule has 0 aliphatic rings. The van der Waals surface area contributed by atoms with Crippen molar-refractivity contribution in [2.45, 2.75) is 13.5 Å². The molecule has 21 heavy (non-hydrogen) atoms. The van der Waals surface area contributed by atoms with Crippen LogP contribution in [-0.2, 0) is 11.3 Å². The van der Waals surface area contributed by atoms with E-state index in [4.69, 9.17) is 4.74 Å². The lowest BCUT2D eigenvalue weighted by atomic mass is 10.1. The number of esters is 1. The van der Waals surface area contributed by atoms with Gasteiger partial charge in [0.05, 0.1) is 5.56 Å². The highest BCUT2D eigenvalue weighted by Gasteiger charge is 2.07. The number of ether oxygens (including phenoxy) is 1. The van der Waals surface area contributed by atoms with Gasteiger partial charge in [0.15, 0.2) is 0 Å². The highest BCUT2D eigenvalue weighted by molar-refractivity contribution is 5.89. The normalized spacial score (nSPS) is 10.5. The van der Waals surface area contributed by atoms with Gasteiger partial charge in [-0.05, 0) is 41.5 Å². The number of carbonyl (C=O) groups excluding carboxylic acids is 1. The maximum absolute atomic E-state index is 12.0. The fraction of sp³-hybridized carbons (Fsp3) is 0.105. The lowest BCUT2D eigenvalue weighted by Gasteiger charge is -2.06. The van der Waals surface area contributed by atoms with E-state index in [1.807, 2.05) is 43.3 Å². The van der Waals surface area contributed by atoms with E-state index >= 15 is 0 Å². The third-order valence-corrected chi connectivity index (χ3v) is 3.47. The van der Waals surface area contributed by atoms with Gasteiger partial charge in [-0.15, -0.1) is 0 Å². The quantitative estimate of drug-likeness (QED) is 0.658. The summed E-state index contributed by atoms with van der Waals surface area (Å²) in [6, 6.07) is 21.6. The lowest BCUT2D eigenvalue weighted by molar-refractivity contribution is 0.0473. The van der Waals surface area contributed by atoms with Gasteiger partial charge in [-0.1, -0.05) is 54.1 Å². The van der Waals surface area contributed by atoms with Gasteiger partial charge in [0.25, 0.3) is 0 Å². The molecule has 0 radical (unpaired) electrons. The Morgan fingerprint density at radius 1 is 0.905 bits per heavy atom. The van der Waals surface area contributed by atoms with Crippen LogP contribution in [0.4, 0.5) is 0 Å². The average molecular weight is 276 g/mol. The monoisotopic (exact) mass is 276 g/mol. The van der Waals surface area contributed by atoms with Crippen molar-refractivity contribution in [3.63, 3.8) is 0 Å². The van der Waals surface area contributed by atoms with Gasteiger partial charge < -0.3 is 4.74 Å². The standard InChI is InChI=1S/C19H16O2/c1-14-6-9-17(10-7-14)19(20)21-13-15-8-11-16-4-2-3-5-18(16)12-15/h2-12H,13H2,1H3. The summed E-state index contributed by atoms with van der Waals surface area (Å²) < 4.78 is 5.36. The average Bonchev–Trinajstić information content (AvgIpc) is 2.53. The summed E-state index contributed by atoms with van der Waals surface area (Å²) >= 11 is 0. The molecule has 2 heteroatoms. The molecular weight excluding hydrogens is 260 g/mol. The van der Waals surface area contributed by atoms with Crippen LogP contribution >= 0.6 is 0 Å². The van der Waals surface area contributed by atoms with Gasteiger partial charge in [-0.25, -0.2) is 4.79 Å². The first kappa shape index (κ1) is 13.4. The first-order chi connectivity index (χ1) is 10.2. The SMILES string of the molecule is Cc1ccc(C(=O)OCc2ccc3ccccc3c2)cc1. The smallest absolute Gasteiger partial charge is 0.338 e. The zero-order chi connectivity index (χ0) is 14.7. The van der Waals surface area contributed by atoms with Crippen molar-refractivity contribution in [1.29, 1.82) is 0 Å². The molecule has 0 saturated heterocycles. The van der Waals surface area contributed by atoms with Crippen LogP contribution in [0, 0.1) is 6.92 Å². The van der Waals surface area contributed by atoms with Gasteiger partial charge in [0.2, 0.25) is 0 Å². The molecule has 0 fully saturated rings. The van der Waals surface area contributed by atoms with Crippen molar-refractivity contribution in [3.05, 3.63) is 83.4 Å². The predicted octanol–water partition coefficient (Wildman–Crippen LogP) is 4.51. The van der Waals surface area contributed by atoms with E-state index in [0.717, 1.165) is 16.5 Å². The fourth-order valence-electron chi connectivity index (χ4n) is 2.25. The molecule has 0 N–H and O–H groups in total. The number of aryl methyl sites for hydroxylation is 1. The van der Waals surface area contributed by atoms with E-state index in [2.05, 4.69) is 18.2 Å². The molecule has 3 aromatic rings. The van der Waals surface area contributed by atoms with E-state index in [9.17, 15) is 4.79 Å². The molecule has 104 valence electrons. The Balaban J connectivity index is 1.71. The molecule has 0 unspecified atom stereocenters. The molecular formula is C19H16O2. The largest absolute Gasteiger partial charge is 0.457 e. The van der Waals surface area contributed by atoms with Gasteiger partial charge in [0.1, 0.15) is 6.61 Å². The molecule has 0 aromatic heterocycles. The summed E-state index contributed by atoms with van der Waals surface area (Å²) in [4.78, 5) is 12.0. The Hall–Kier alpha value is -2.61. The summed E-state index contributed by atoms with van der Waals surface area (Å²) in [5.74, 6) is -0.289. The van der Waals surface area contributed by atoms with Crippen molar-refractivity contribution in [2.75, 3.05) is 0 Å². The minimum Gasteiger partial charge on any atom is -0.457 e. The molecule has 0 amide bonds. The molecule has 3 aromatic carbocycles. The summed E-state index contributed by atoms with van der Waals surface area (Å²) in [5, 5.41) is 2.34. The van der Waals surface area contributed by atoms with Crippen LogP contribution in [0.5, 0.6) is 0 Å². The number of rotatable bonds is 3. The number of hydrogen-bond donors (Lipinski definition) is 0. The van der Waals surface area contributed by atoms with Gasteiger partial charge in [0, 0.05) is 0 Å². The number of hydrogen-bond acceptors (Lipinski definition) is 2. The second-order valence-electron chi connectivity index (χ2n) is 5.12. The summed E-state index contributed by atoms with van der Waals surface area (Å²) in [6.07, 6.45) is 0. The first-order valence-corrected chi connectivity index (χ1v) is 6.94. The molecule has 0 aliphatic carbocycles. The van der Waals surface area contributed by atoms with Crippen LogP contribution in [0.1, 0.15) is 21.5 Å². The highest BCUT2D eigenvalue weighted by atomic mass is 16.5. The van der Waals surface area contributed by atoms with Crippen LogP contribution in [0.15, 0.2) is 66.7 Å². The Kier molecular flexibility index (Phi) is 3.69. The summed E-state index contributed by atoms with van der Waals surface area (Å²) in [7, 11) is 0. The second-order valence-corrected chi connectivity index (χ2v) is 5.12. The van der Waals surface area contributed by atoms with Crippen molar-refractivity contribution in [1.82, 2.24) is 0 Å². The molecule has 2 nitrogen and oxygen atoms in total. The van der Waals surface area contributed by atoms with E-state index in [1.165, 1.54) is 5.39 Å². The van der Waals surface area contributed by atoms with E-state index < -0.39 is 0 Å². The lowest BCUT2D eigenvalue weighted by Crippen LogP contribution is -2.05. The van der Waals surface area contributed by atoms with Gasteiger partial charge in [-0.3, -0.25) is 0 Å². The van der Waals surface area contributed by atoms with Crippen LogP contribution in [0.25, 0.3) is 10.8 Å². The minimum atomic E-state index is -0.289. The van der Waals surface area contributed by atoms with Crippen LogP contribution in [0.3, 0.4) is 0 Å². The maximum atomic E-state index is 12.0. The van der Waals surface area contributed by atoms with Crippen molar-refractivity contribution in [3.8, 4) is 0 Å². The van der Waals surface area contributed by atoms with Crippen LogP contribution in [-0.4, -0.2) is 5.97 Å². The van der Waals surface area contributed by atoms with Crippen molar-refractivity contribution in [2.24, 2.45) is 0 Å². The Labute approximate surface area is 124 Å². The fourth-order valence-corrected chi connectivity index (χ4v) is 2.25. The number of carbonyl (C=O) groups is 1. The van der Waals surface area contributed by atoms with Crippen LogP contribution < -0.4 is 0 Å². The Morgan fingerprint density at radius 3 is 2.38 bits per heavy atom. The van der Waals surface area contributed by atoms with Gasteiger partial charge in [-0.2, -0.15) is 0 Å². The van der Waals surface area contributed by atoms with Gasteiger partial charge >= 0.3 is 5.97 Å². The molecule has 0 atom stereocenters. The molecule has 3 rings (SSSR count). The number of benzene rings is 3. The maximum Gasteiger partial charge on any atom is 0.338 e. The van der Waals surface area contributed by atoms with Crippen molar-refractivity contribution >= 4 is 16.7 Å². The Morgan fingerprint density at radius 2 is 1.62 bits per heavy atom. The first-order valence-electron chi connectivity index (χ1n) is 6.94. The number of fused-ring (bicyclic) bond motifs is 1. The minimum absolute atomic E-state index is 0.289. The Bertz CT molecular complexity index is 773. The molecule has 0 saturated carbocycles. The highest BCUT2D eigenvalue weighted by Crippen LogP contribution is 2.16. The van der Waals surface area contributed by atoms with E-state index in [-0.39, 0.29) is 12.6 Å². The molecule has 0 heterocycles. The van der Waals surface area contributed by atoms with E-state index in [1.54, 1.807) is 12.1 Å². The topological polar surface area (TPSA) is 26.3 Å². The third kappa shape index (κ3) is 3.11. The van der Waals surface area contributed by atoms with Crippen LogP contribution in [0.2, 0.25) is 0 Å². The zero-order valence-electron chi connectivity index (χ0n) is 11.9. The second kappa shape index (κ2) is 5.80. The summed E-state index contributed by atoms with van der Waals surface area (Å²) in [5.41, 5.74) is 2.71. The molecule has 0 bridgehead atoms. The summed E-state index contributed by atoms with van der Waals surface area (Å²) in [6.45, 7) is 2.28. The molecule has 0 spiro atoms. The zero-order valence-corrected chi connectivity index (χ0v) is 11.9. The van der Waals surface area contributed by atoms with E-state index in [0.29, 0.717) is 5.56 Å². The van der Waals surface area contributed by atoms with Crippen molar-refractivity contribution < 1.29 is 9.53 Å².